The van der Waals surface area contributed by atoms with Crippen molar-refractivity contribution in [2.75, 3.05) is 12.3 Å². The maximum absolute atomic E-state index is 5.78. The summed E-state index contributed by atoms with van der Waals surface area (Å²) in [6.45, 7) is 3.82. The molecule has 0 fully saturated rings. The summed E-state index contributed by atoms with van der Waals surface area (Å²) in [5, 5.41) is 0.650. The molecule has 1 heterocycles. The minimum absolute atomic E-state index is 0.199. The predicted molar refractivity (Wildman–Crippen MR) is 54.4 cm³/mol. The Morgan fingerprint density at radius 1 is 1.54 bits per heavy atom. The zero-order valence-electron chi connectivity index (χ0n) is 6.76. The fourth-order valence-electron chi connectivity index (χ4n) is 0.702. The van der Waals surface area contributed by atoms with Gasteiger partial charge in [-0.05, 0) is 6.07 Å². The van der Waals surface area contributed by atoms with Crippen molar-refractivity contribution >= 4 is 29.0 Å². The van der Waals surface area contributed by atoms with Crippen molar-refractivity contribution in [2.45, 2.75) is 0 Å². The molecule has 0 aliphatic rings. The number of nitrogen functional groups attached to an aromatic ring is 1. The first kappa shape index (κ1) is 10.2. The lowest BCUT2D eigenvalue weighted by Crippen LogP contribution is -1.99. The Balaban J connectivity index is 2.94. The molecule has 0 bridgehead atoms. The van der Waals surface area contributed by atoms with E-state index in [-0.39, 0.29) is 11.7 Å². The summed E-state index contributed by atoms with van der Waals surface area (Å²) >= 11 is 11.4. The number of hydrogen-bond donors (Lipinski definition) is 1. The molecule has 0 saturated heterocycles. The average molecular weight is 219 g/mol. The van der Waals surface area contributed by atoms with E-state index in [4.69, 9.17) is 33.7 Å². The van der Waals surface area contributed by atoms with Gasteiger partial charge in [0.15, 0.2) is 0 Å². The van der Waals surface area contributed by atoms with Gasteiger partial charge in [0.05, 0.1) is 5.02 Å². The molecule has 13 heavy (non-hydrogen) atoms. The lowest BCUT2D eigenvalue weighted by Gasteiger charge is -2.05. The monoisotopic (exact) mass is 218 g/mol. The summed E-state index contributed by atoms with van der Waals surface area (Å²) in [6, 6.07) is 1.49. The van der Waals surface area contributed by atoms with Gasteiger partial charge in [0.1, 0.15) is 17.4 Å². The Labute approximate surface area is 86.1 Å². The van der Waals surface area contributed by atoms with Crippen LogP contribution in [0.2, 0.25) is 10.0 Å². The molecule has 0 radical (unpaired) electrons. The van der Waals surface area contributed by atoms with Crippen LogP contribution < -0.4 is 10.5 Å². The van der Waals surface area contributed by atoms with Crippen molar-refractivity contribution < 1.29 is 4.74 Å². The van der Waals surface area contributed by atoms with Gasteiger partial charge in [-0.15, -0.1) is 0 Å². The number of aromatic nitrogens is 1. The smallest absolute Gasteiger partial charge is 0.234 e. The molecule has 1 rings (SSSR count). The van der Waals surface area contributed by atoms with Crippen molar-refractivity contribution in [1.82, 2.24) is 4.98 Å². The standard InChI is InChI=1S/C8H8Cl2N2O/c1-2-3-13-8-6(10)4-5(9)7(11)12-8/h2,4H,1,3H2,(H2,11,12). The molecular weight excluding hydrogens is 211 g/mol. The third kappa shape index (κ3) is 2.50. The molecule has 0 spiro atoms. The van der Waals surface area contributed by atoms with Crippen molar-refractivity contribution in [3.8, 4) is 5.88 Å². The van der Waals surface area contributed by atoms with E-state index in [1.165, 1.54) is 6.07 Å². The second kappa shape index (κ2) is 4.35. The number of hydrogen-bond acceptors (Lipinski definition) is 3. The van der Waals surface area contributed by atoms with Gasteiger partial charge in [0.25, 0.3) is 0 Å². The van der Waals surface area contributed by atoms with Crippen LogP contribution in [0.5, 0.6) is 5.88 Å². The van der Waals surface area contributed by atoms with Gasteiger partial charge in [-0.1, -0.05) is 35.9 Å². The summed E-state index contributed by atoms with van der Waals surface area (Å²) in [7, 11) is 0. The molecule has 5 heteroatoms. The van der Waals surface area contributed by atoms with Gasteiger partial charge >= 0.3 is 0 Å². The lowest BCUT2D eigenvalue weighted by atomic mass is 10.4. The van der Waals surface area contributed by atoms with Gasteiger partial charge < -0.3 is 10.5 Å². The quantitative estimate of drug-likeness (QED) is 0.794. The topological polar surface area (TPSA) is 48.1 Å². The Kier molecular flexibility index (Phi) is 3.39. The first-order valence-corrected chi connectivity index (χ1v) is 4.26. The van der Waals surface area contributed by atoms with Gasteiger partial charge in [0, 0.05) is 0 Å². The molecule has 70 valence electrons. The van der Waals surface area contributed by atoms with Crippen LogP contribution in [-0.2, 0) is 0 Å². The van der Waals surface area contributed by atoms with E-state index in [0.717, 1.165) is 0 Å². The SMILES string of the molecule is C=CCOc1nc(N)c(Cl)cc1Cl. The number of ether oxygens (including phenoxy) is 1. The highest BCUT2D eigenvalue weighted by Gasteiger charge is 2.07. The minimum Gasteiger partial charge on any atom is -0.472 e. The van der Waals surface area contributed by atoms with Crippen LogP contribution in [0.1, 0.15) is 0 Å². The summed E-state index contributed by atoms with van der Waals surface area (Å²) in [5.41, 5.74) is 5.45. The molecule has 0 aromatic carbocycles. The van der Waals surface area contributed by atoms with Gasteiger partial charge in [-0.25, -0.2) is 0 Å². The van der Waals surface area contributed by atoms with Crippen LogP contribution >= 0.6 is 23.2 Å². The number of nitrogens with two attached hydrogens (primary N) is 1. The van der Waals surface area contributed by atoms with Crippen molar-refractivity contribution in [2.24, 2.45) is 0 Å². The Hall–Kier alpha value is -0.930. The lowest BCUT2D eigenvalue weighted by molar-refractivity contribution is 0.349. The van der Waals surface area contributed by atoms with E-state index in [1.807, 2.05) is 0 Å². The molecule has 0 atom stereocenters. The van der Waals surface area contributed by atoms with Crippen LogP contribution in [-0.4, -0.2) is 11.6 Å². The second-order valence-electron chi connectivity index (χ2n) is 2.24. The molecule has 2 N–H and O–H groups in total. The molecule has 1 aromatic rings. The normalized spacial score (nSPS) is 9.69. The van der Waals surface area contributed by atoms with E-state index in [0.29, 0.717) is 16.7 Å². The van der Waals surface area contributed by atoms with Crippen molar-refractivity contribution in [1.29, 1.82) is 0 Å². The number of anilines is 1. The molecular formula is C8H8Cl2N2O. The molecule has 0 unspecified atom stereocenters. The van der Waals surface area contributed by atoms with E-state index in [1.54, 1.807) is 6.08 Å². The average Bonchev–Trinajstić information content (AvgIpc) is 2.09. The van der Waals surface area contributed by atoms with E-state index >= 15 is 0 Å². The molecule has 0 aliphatic heterocycles. The van der Waals surface area contributed by atoms with Crippen LogP contribution in [0.4, 0.5) is 5.82 Å². The molecule has 1 aromatic heterocycles. The maximum Gasteiger partial charge on any atom is 0.234 e. The van der Waals surface area contributed by atoms with E-state index in [9.17, 15) is 0 Å². The Morgan fingerprint density at radius 3 is 2.85 bits per heavy atom. The number of pyridine rings is 1. The van der Waals surface area contributed by atoms with Crippen molar-refractivity contribution in [3.05, 3.63) is 28.8 Å². The Morgan fingerprint density at radius 2 is 2.23 bits per heavy atom. The summed E-state index contributed by atoms with van der Waals surface area (Å²) in [5.74, 6) is 0.466. The van der Waals surface area contributed by atoms with E-state index < -0.39 is 0 Å². The zero-order chi connectivity index (χ0) is 9.84. The largest absolute Gasteiger partial charge is 0.472 e. The van der Waals surface area contributed by atoms with Crippen LogP contribution in [0.15, 0.2) is 18.7 Å². The third-order valence-electron chi connectivity index (χ3n) is 1.26. The molecule has 0 aliphatic carbocycles. The van der Waals surface area contributed by atoms with Gasteiger partial charge in [-0.3, -0.25) is 0 Å². The number of rotatable bonds is 3. The summed E-state index contributed by atoms with van der Waals surface area (Å²) < 4.78 is 5.12. The van der Waals surface area contributed by atoms with Gasteiger partial charge in [-0.2, -0.15) is 4.98 Å². The van der Waals surface area contributed by atoms with Crippen LogP contribution in [0.25, 0.3) is 0 Å². The summed E-state index contributed by atoms with van der Waals surface area (Å²) in [4.78, 5) is 3.85. The first-order valence-electron chi connectivity index (χ1n) is 3.50. The van der Waals surface area contributed by atoms with Gasteiger partial charge in [0.2, 0.25) is 5.88 Å². The maximum atomic E-state index is 5.78. The fraction of sp³-hybridized carbons (Fsp3) is 0.125. The molecule has 0 amide bonds. The van der Waals surface area contributed by atoms with Crippen LogP contribution in [0, 0.1) is 0 Å². The summed E-state index contributed by atoms with van der Waals surface area (Å²) in [6.07, 6.45) is 1.59. The molecule has 3 nitrogen and oxygen atoms in total. The van der Waals surface area contributed by atoms with Crippen molar-refractivity contribution in [3.63, 3.8) is 0 Å². The fourth-order valence-corrected chi connectivity index (χ4v) is 1.12. The highest BCUT2D eigenvalue weighted by atomic mass is 35.5. The highest BCUT2D eigenvalue weighted by Crippen LogP contribution is 2.28. The highest BCUT2D eigenvalue weighted by molar-refractivity contribution is 6.36. The second-order valence-corrected chi connectivity index (χ2v) is 3.06. The van der Waals surface area contributed by atoms with Crippen LogP contribution in [0.3, 0.4) is 0 Å². The van der Waals surface area contributed by atoms with E-state index in [2.05, 4.69) is 11.6 Å². The molecule has 0 saturated carbocycles. The third-order valence-corrected chi connectivity index (χ3v) is 1.84. The zero-order valence-corrected chi connectivity index (χ0v) is 8.27. The minimum atomic E-state index is 0.199. The first-order chi connectivity index (χ1) is 6.15. The Bertz CT molecular complexity index is 328. The number of halogens is 2. The predicted octanol–water partition coefficient (Wildman–Crippen LogP) is 2.54. The number of nitrogens with zero attached hydrogens (tertiary/aromatic N) is 1.